The molecular formula is C24H26N2O2. The van der Waals surface area contributed by atoms with Crippen LogP contribution in [-0.4, -0.2) is 17.0 Å². The predicted molar refractivity (Wildman–Crippen MR) is 113 cm³/mol. The molecule has 0 bridgehead atoms. The van der Waals surface area contributed by atoms with Crippen LogP contribution >= 0.6 is 0 Å². The van der Waals surface area contributed by atoms with Gasteiger partial charge in [-0.05, 0) is 48.9 Å². The van der Waals surface area contributed by atoms with E-state index < -0.39 is 0 Å². The fraction of sp³-hybridized carbons (Fsp3) is 0.250. The zero-order chi connectivity index (χ0) is 19.6. The smallest absolute Gasteiger partial charge is 0.251 e. The van der Waals surface area contributed by atoms with Crippen molar-refractivity contribution in [2.75, 3.05) is 6.54 Å². The van der Waals surface area contributed by atoms with E-state index in [0.29, 0.717) is 13.1 Å². The number of unbranched alkanes of at least 4 members (excludes halogenated alkanes) is 1. The molecule has 0 unspecified atom stereocenters. The SMILES string of the molecule is O=C(NCCCCn1ccccc1=O)c1ccccc1CCc1ccccc1. The number of aryl methyl sites for hydroxylation is 3. The third kappa shape index (κ3) is 5.68. The van der Waals surface area contributed by atoms with Crippen molar-refractivity contribution in [3.63, 3.8) is 0 Å². The molecule has 144 valence electrons. The normalized spacial score (nSPS) is 10.6. The standard InChI is InChI=1S/C24H26N2O2/c27-23-14-6-8-18-26(23)19-9-7-17-25-24(28)22-13-5-4-12-21(22)16-15-20-10-2-1-3-11-20/h1-6,8,10-14,18H,7,9,15-17,19H2,(H,25,28). The van der Waals surface area contributed by atoms with E-state index in [-0.39, 0.29) is 11.5 Å². The van der Waals surface area contributed by atoms with E-state index >= 15 is 0 Å². The maximum absolute atomic E-state index is 12.6. The summed E-state index contributed by atoms with van der Waals surface area (Å²) < 4.78 is 1.70. The van der Waals surface area contributed by atoms with Crippen LogP contribution in [0.2, 0.25) is 0 Å². The Morgan fingerprint density at radius 1 is 0.821 bits per heavy atom. The molecule has 28 heavy (non-hydrogen) atoms. The zero-order valence-corrected chi connectivity index (χ0v) is 16.0. The van der Waals surface area contributed by atoms with Gasteiger partial charge in [0.1, 0.15) is 0 Å². The number of amides is 1. The minimum Gasteiger partial charge on any atom is -0.352 e. The molecule has 1 amide bonds. The molecule has 2 aromatic carbocycles. The summed E-state index contributed by atoms with van der Waals surface area (Å²) in [5.41, 5.74) is 3.10. The first-order valence-electron chi connectivity index (χ1n) is 9.79. The second kappa shape index (κ2) is 10.3. The Hall–Kier alpha value is -3.14. The Labute approximate surface area is 165 Å². The van der Waals surface area contributed by atoms with Gasteiger partial charge in [-0.2, -0.15) is 0 Å². The number of aromatic nitrogens is 1. The number of benzene rings is 2. The summed E-state index contributed by atoms with van der Waals surface area (Å²) in [7, 11) is 0. The second-order valence-electron chi connectivity index (χ2n) is 6.84. The molecule has 0 aliphatic rings. The lowest BCUT2D eigenvalue weighted by Gasteiger charge is -2.11. The summed E-state index contributed by atoms with van der Waals surface area (Å²) in [6.07, 6.45) is 5.23. The Morgan fingerprint density at radius 3 is 2.39 bits per heavy atom. The molecule has 0 radical (unpaired) electrons. The Bertz CT molecular complexity index is 948. The van der Waals surface area contributed by atoms with Crippen molar-refractivity contribution in [1.29, 1.82) is 0 Å². The van der Waals surface area contributed by atoms with Crippen LogP contribution in [0.1, 0.15) is 34.3 Å². The van der Waals surface area contributed by atoms with Crippen molar-refractivity contribution in [2.45, 2.75) is 32.2 Å². The molecule has 0 saturated carbocycles. The summed E-state index contributed by atoms with van der Waals surface area (Å²) in [6.45, 7) is 1.27. The molecule has 0 aliphatic heterocycles. The van der Waals surface area contributed by atoms with Crippen LogP contribution < -0.4 is 10.9 Å². The minimum absolute atomic E-state index is 0.0129. The number of pyridine rings is 1. The second-order valence-corrected chi connectivity index (χ2v) is 6.84. The summed E-state index contributed by atoms with van der Waals surface area (Å²) in [6, 6.07) is 23.3. The molecule has 4 heteroatoms. The molecule has 4 nitrogen and oxygen atoms in total. The lowest BCUT2D eigenvalue weighted by Crippen LogP contribution is -2.26. The molecule has 1 aromatic heterocycles. The number of nitrogens with one attached hydrogen (secondary N) is 1. The number of rotatable bonds is 9. The van der Waals surface area contributed by atoms with Crippen molar-refractivity contribution in [2.24, 2.45) is 0 Å². The molecule has 0 spiro atoms. The van der Waals surface area contributed by atoms with Gasteiger partial charge in [-0.25, -0.2) is 0 Å². The third-order valence-corrected chi connectivity index (χ3v) is 4.80. The molecule has 0 fully saturated rings. The fourth-order valence-corrected chi connectivity index (χ4v) is 3.23. The number of hydrogen-bond donors (Lipinski definition) is 1. The van der Waals surface area contributed by atoms with Gasteiger partial charge in [-0.15, -0.1) is 0 Å². The largest absolute Gasteiger partial charge is 0.352 e. The number of nitrogens with zero attached hydrogens (tertiary/aromatic N) is 1. The van der Waals surface area contributed by atoms with Crippen molar-refractivity contribution < 1.29 is 4.79 Å². The van der Waals surface area contributed by atoms with Crippen LogP contribution in [0.4, 0.5) is 0 Å². The van der Waals surface area contributed by atoms with Crippen LogP contribution in [0, 0.1) is 0 Å². The van der Waals surface area contributed by atoms with Crippen molar-refractivity contribution in [3.05, 3.63) is 106 Å². The lowest BCUT2D eigenvalue weighted by atomic mass is 9.99. The molecule has 1 N–H and O–H groups in total. The summed E-state index contributed by atoms with van der Waals surface area (Å²) in [4.78, 5) is 24.3. The Kier molecular flexibility index (Phi) is 7.19. The zero-order valence-electron chi connectivity index (χ0n) is 16.0. The van der Waals surface area contributed by atoms with Crippen molar-refractivity contribution in [3.8, 4) is 0 Å². The maximum atomic E-state index is 12.6. The van der Waals surface area contributed by atoms with Gasteiger partial charge in [0.05, 0.1) is 0 Å². The molecule has 0 atom stereocenters. The van der Waals surface area contributed by atoms with E-state index in [1.165, 1.54) is 5.56 Å². The van der Waals surface area contributed by atoms with E-state index in [0.717, 1.165) is 36.8 Å². The highest BCUT2D eigenvalue weighted by Crippen LogP contribution is 2.13. The van der Waals surface area contributed by atoms with E-state index in [2.05, 4.69) is 17.4 Å². The lowest BCUT2D eigenvalue weighted by molar-refractivity contribution is 0.0952. The van der Waals surface area contributed by atoms with Gasteiger partial charge >= 0.3 is 0 Å². The fourth-order valence-electron chi connectivity index (χ4n) is 3.23. The van der Waals surface area contributed by atoms with Crippen LogP contribution in [-0.2, 0) is 19.4 Å². The van der Waals surface area contributed by atoms with Crippen molar-refractivity contribution in [1.82, 2.24) is 9.88 Å². The van der Waals surface area contributed by atoms with Gasteiger partial charge in [-0.3, -0.25) is 9.59 Å². The quantitative estimate of drug-likeness (QED) is 0.579. The summed E-state index contributed by atoms with van der Waals surface area (Å²) in [5.74, 6) is -0.0273. The monoisotopic (exact) mass is 374 g/mol. The average molecular weight is 374 g/mol. The highest BCUT2D eigenvalue weighted by Gasteiger charge is 2.10. The van der Waals surface area contributed by atoms with Gasteiger partial charge < -0.3 is 9.88 Å². The summed E-state index contributed by atoms with van der Waals surface area (Å²) in [5, 5.41) is 3.01. The average Bonchev–Trinajstić information content (AvgIpc) is 2.74. The number of hydrogen-bond acceptors (Lipinski definition) is 2. The first kappa shape index (κ1) is 19.6. The van der Waals surface area contributed by atoms with E-state index in [9.17, 15) is 9.59 Å². The maximum Gasteiger partial charge on any atom is 0.251 e. The van der Waals surface area contributed by atoms with E-state index in [4.69, 9.17) is 0 Å². The van der Waals surface area contributed by atoms with E-state index in [1.54, 1.807) is 22.9 Å². The van der Waals surface area contributed by atoms with Crippen LogP contribution in [0.15, 0.2) is 83.8 Å². The van der Waals surface area contributed by atoms with E-state index in [1.807, 2.05) is 48.5 Å². The number of carbonyl (C=O) groups is 1. The first-order valence-corrected chi connectivity index (χ1v) is 9.79. The van der Waals surface area contributed by atoms with Gasteiger partial charge in [0.25, 0.3) is 5.91 Å². The molecule has 3 rings (SSSR count). The number of carbonyl (C=O) groups excluding carboxylic acids is 1. The van der Waals surface area contributed by atoms with Crippen LogP contribution in [0.25, 0.3) is 0 Å². The van der Waals surface area contributed by atoms with Crippen LogP contribution in [0.5, 0.6) is 0 Å². The summed E-state index contributed by atoms with van der Waals surface area (Å²) >= 11 is 0. The van der Waals surface area contributed by atoms with Gasteiger partial charge in [0, 0.05) is 30.9 Å². The minimum atomic E-state index is -0.0273. The molecule has 0 saturated heterocycles. The van der Waals surface area contributed by atoms with Crippen molar-refractivity contribution >= 4 is 5.91 Å². The van der Waals surface area contributed by atoms with Crippen LogP contribution in [0.3, 0.4) is 0 Å². The third-order valence-electron chi connectivity index (χ3n) is 4.80. The molecule has 0 aliphatic carbocycles. The molecule has 3 aromatic rings. The highest BCUT2D eigenvalue weighted by molar-refractivity contribution is 5.95. The van der Waals surface area contributed by atoms with Gasteiger partial charge in [0.15, 0.2) is 0 Å². The molecular weight excluding hydrogens is 348 g/mol. The Morgan fingerprint density at radius 2 is 1.57 bits per heavy atom. The molecule has 1 heterocycles. The topological polar surface area (TPSA) is 51.1 Å². The Balaban J connectivity index is 1.47. The highest BCUT2D eigenvalue weighted by atomic mass is 16.1. The van der Waals surface area contributed by atoms with Gasteiger partial charge in [0.2, 0.25) is 5.56 Å². The first-order chi connectivity index (χ1) is 13.7. The predicted octanol–water partition coefficient (Wildman–Crippen LogP) is 3.84. The van der Waals surface area contributed by atoms with Gasteiger partial charge in [-0.1, -0.05) is 54.6 Å².